The van der Waals surface area contributed by atoms with Gasteiger partial charge in [0.2, 0.25) is 0 Å². The fourth-order valence-corrected chi connectivity index (χ4v) is 2.13. The van der Waals surface area contributed by atoms with E-state index in [2.05, 4.69) is 15.7 Å². The smallest absolute Gasteiger partial charge is 0.0795 e. The molecule has 2 rings (SSSR count). The van der Waals surface area contributed by atoms with Crippen LogP contribution in [-0.2, 0) is 6.42 Å². The Hall–Kier alpha value is -0.740. The number of nitrogens with two attached hydrogens (primary N) is 1. The van der Waals surface area contributed by atoms with E-state index in [-0.39, 0.29) is 6.04 Å². The Morgan fingerprint density at radius 2 is 2.54 bits per heavy atom. The van der Waals surface area contributed by atoms with Gasteiger partial charge in [0.1, 0.15) is 0 Å². The molecular weight excluding hydrogens is 182 g/mol. The van der Waals surface area contributed by atoms with Crippen LogP contribution in [0, 0.1) is 0 Å². The van der Waals surface area contributed by atoms with E-state index in [1.54, 1.807) is 0 Å². The van der Waals surface area contributed by atoms with Gasteiger partial charge in [-0.25, -0.2) is 0 Å². The molecule has 1 heterocycles. The van der Waals surface area contributed by atoms with Crippen LogP contribution in [0.3, 0.4) is 0 Å². The Labute approximate surface area is 81.8 Å². The van der Waals surface area contributed by atoms with Gasteiger partial charge >= 0.3 is 0 Å². The molecule has 0 bridgehead atoms. The summed E-state index contributed by atoms with van der Waals surface area (Å²) in [5, 5.41) is 6.02. The predicted octanol–water partition coefficient (Wildman–Crippen LogP) is 1.52. The van der Waals surface area contributed by atoms with Crippen LogP contribution in [0.4, 0.5) is 0 Å². The minimum Gasteiger partial charge on any atom is -0.324 e. The highest BCUT2D eigenvalue weighted by Gasteiger charge is 2.10. The molecule has 70 valence electrons. The SMILES string of the molecule is NC1C=C(Cc2csnn2)CCC1. The van der Waals surface area contributed by atoms with E-state index in [1.807, 2.05) is 5.38 Å². The van der Waals surface area contributed by atoms with Crippen LogP contribution in [0.15, 0.2) is 17.0 Å². The number of hydrogen-bond acceptors (Lipinski definition) is 4. The van der Waals surface area contributed by atoms with Crippen LogP contribution in [-0.4, -0.2) is 15.6 Å². The Morgan fingerprint density at radius 1 is 1.62 bits per heavy atom. The van der Waals surface area contributed by atoms with Crippen LogP contribution in [0.25, 0.3) is 0 Å². The maximum Gasteiger partial charge on any atom is 0.0795 e. The number of aromatic nitrogens is 2. The van der Waals surface area contributed by atoms with Gasteiger partial charge < -0.3 is 5.73 Å². The molecule has 0 spiro atoms. The molecule has 1 unspecified atom stereocenters. The quantitative estimate of drug-likeness (QED) is 0.728. The highest BCUT2D eigenvalue weighted by Crippen LogP contribution is 2.20. The van der Waals surface area contributed by atoms with Crippen molar-refractivity contribution in [2.75, 3.05) is 0 Å². The summed E-state index contributed by atoms with van der Waals surface area (Å²) in [5.74, 6) is 0. The second-order valence-electron chi connectivity index (χ2n) is 3.45. The first-order valence-electron chi connectivity index (χ1n) is 4.55. The Kier molecular flexibility index (Phi) is 2.71. The lowest BCUT2D eigenvalue weighted by molar-refractivity contribution is 0.616. The van der Waals surface area contributed by atoms with Crippen LogP contribution in [0.5, 0.6) is 0 Å². The van der Waals surface area contributed by atoms with Gasteiger partial charge in [0.25, 0.3) is 0 Å². The van der Waals surface area contributed by atoms with E-state index in [0.717, 1.165) is 18.5 Å². The molecule has 1 aliphatic carbocycles. The van der Waals surface area contributed by atoms with Gasteiger partial charge in [-0.2, -0.15) is 0 Å². The molecule has 0 aromatic carbocycles. The van der Waals surface area contributed by atoms with Crippen molar-refractivity contribution in [3.63, 3.8) is 0 Å². The molecular formula is C9H13N3S. The first kappa shape index (κ1) is 8.84. The Bertz CT molecular complexity index is 292. The van der Waals surface area contributed by atoms with Crippen molar-refractivity contribution >= 4 is 11.5 Å². The van der Waals surface area contributed by atoms with Gasteiger partial charge in [-0.3, -0.25) is 0 Å². The fourth-order valence-electron chi connectivity index (χ4n) is 1.68. The minimum atomic E-state index is 0.260. The number of nitrogens with zero attached hydrogens (tertiary/aromatic N) is 2. The van der Waals surface area contributed by atoms with Gasteiger partial charge in [0.05, 0.1) is 5.69 Å². The zero-order valence-electron chi connectivity index (χ0n) is 7.44. The maximum absolute atomic E-state index is 5.84. The van der Waals surface area contributed by atoms with Crippen LogP contribution < -0.4 is 5.73 Å². The molecule has 0 saturated heterocycles. The maximum atomic E-state index is 5.84. The molecule has 1 atom stereocenters. The second-order valence-corrected chi connectivity index (χ2v) is 4.06. The molecule has 4 heteroatoms. The Morgan fingerprint density at radius 3 is 3.23 bits per heavy atom. The van der Waals surface area contributed by atoms with Gasteiger partial charge in [-0.05, 0) is 30.8 Å². The molecule has 0 saturated carbocycles. The molecule has 1 aromatic heterocycles. The zero-order chi connectivity index (χ0) is 9.10. The predicted molar refractivity (Wildman–Crippen MR) is 53.5 cm³/mol. The third kappa shape index (κ3) is 2.35. The average Bonchev–Trinajstić information content (AvgIpc) is 2.57. The average molecular weight is 195 g/mol. The standard InChI is InChI=1S/C9H13N3S/c10-8-3-1-2-7(4-8)5-9-6-13-12-11-9/h4,6,8H,1-3,5,10H2. The van der Waals surface area contributed by atoms with Crippen molar-refractivity contribution in [1.82, 2.24) is 9.59 Å². The van der Waals surface area contributed by atoms with E-state index in [1.165, 1.54) is 29.9 Å². The fraction of sp³-hybridized carbons (Fsp3) is 0.556. The van der Waals surface area contributed by atoms with Crippen molar-refractivity contribution in [2.45, 2.75) is 31.7 Å². The lowest BCUT2D eigenvalue weighted by Crippen LogP contribution is -2.20. The van der Waals surface area contributed by atoms with Crippen LogP contribution in [0.1, 0.15) is 25.0 Å². The molecule has 0 fully saturated rings. The molecule has 0 amide bonds. The molecule has 13 heavy (non-hydrogen) atoms. The molecule has 0 radical (unpaired) electrons. The molecule has 2 N–H and O–H groups in total. The highest BCUT2D eigenvalue weighted by atomic mass is 32.1. The summed E-state index contributed by atoms with van der Waals surface area (Å²) >= 11 is 1.41. The second kappa shape index (κ2) is 3.98. The van der Waals surface area contributed by atoms with Crippen molar-refractivity contribution in [1.29, 1.82) is 0 Å². The lowest BCUT2D eigenvalue weighted by Gasteiger charge is -2.16. The number of allylic oxidation sites excluding steroid dienone is 1. The summed E-state index contributed by atoms with van der Waals surface area (Å²) in [6.45, 7) is 0. The normalized spacial score (nSPS) is 22.8. The van der Waals surface area contributed by atoms with Crippen LogP contribution in [0.2, 0.25) is 0 Å². The van der Waals surface area contributed by atoms with E-state index in [0.29, 0.717) is 0 Å². The monoisotopic (exact) mass is 195 g/mol. The van der Waals surface area contributed by atoms with Gasteiger partial charge in [-0.1, -0.05) is 16.1 Å². The van der Waals surface area contributed by atoms with Crippen LogP contribution >= 0.6 is 11.5 Å². The first-order valence-corrected chi connectivity index (χ1v) is 5.39. The van der Waals surface area contributed by atoms with Gasteiger partial charge in [-0.15, -0.1) is 5.10 Å². The Balaban J connectivity index is 2.02. The molecule has 1 aromatic rings. The third-order valence-corrected chi connectivity index (χ3v) is 2.85. The summed E-state index contributed by atoms with van der Waals surface area (Å²) in [6, 6.07) is 0.260. The van der Waals surface area contributed by atoms with E-state index in [4.69, 9.17) is 5.73 Å². The molecule has 1 aliphatic rings. The highest BCUT2D eigenvalue weighted by molar-refractivity contribution is 7.03. The number of hydrogen-bond donors (Lipinski definition) is 1. The summed E-state index contributed by atoms with van der Waals surface area (Å²) < 4.78 is 3.84. The summed E-state index contributed by atoms with van der Waals surface area (Å²) in [4.78, 5) is 0. The van der Waals surface area contributed by atoms with Crippen molar-refractivity contribution in [2.24, 2.45) is 5.73 Å². The third-order valence-electron chi connectivity index (χ3n) is 2.30. The van der Waals surface area contributed by atoms with Gasteiger partial charge in [0.15, 0.2) is 0 Å². The van der Waals surface area contributed by atoms with E-state index in [9.17, 15) is 0 Å². The molecule has 3 nitrogen and oxygen atoms in total. The summed E-state index contributed by atoms with van der Waals surface area (Å²) in [5.41, 5.74) is 8.34. The number of rotatable bonds is 2. The topological polar surface area (TPSA) is 51.8 Å². The largest absolute Gasteiger partial charge is 0.324 e. The summed E-state index contributed by atoms with van der Waals surface area (Å²) in [7, 11) is 0. The van der Waals surface area contributed by atoms with E-state index >= 15 is 0 Å². The summed E-state index contributed by atoms with van der Waals surface area (Å²) in [6.07, 6.45) is 6.63. The lowest BCUT2D eigenvalue weighted by atomic mass is 9.94. The van der Waals surface area contributed by atoms with Crippen molar-refractivity contribution < 1.29 is 0 Å². The minimum absolute atomic E-state index is 0.260. The van der Waals surface area contributed by atoms with E-state index < -0.39 is 0 Å². The van der Waals surface area contributed by atoms with Crippen molar-refractivity contribution in [3.8, 4) is 0 Å². The first-order chi connectivity index (χ1) is 6.34. The molecule has 0 aliphatic heterocycles. The van der Waals surface area contributed by atoms with Gasteiger partial charge in [0, 0.05) is 17.8 Å². The zero-order valence-corrected chi connectivity index (χ0v) is 8.26. The van der Waals surface area contributed by atoms with Crippen molar-refractivity contribution in [3.05, 3.63) is 22.7 Å².